The predicted octanol–water partition coefficient (Wildman–Crippen LogP) is 6.22. The second-order valence-corrected chi connectivity index (χ2v) is 9.22. The Bertz CT molecular complexity index is 701. The third-order valence-electron chi connectivity index (χ3n) is 4.84. The molecule has 3 nitrogen and oxygen atoms in total. The second kappa shape index (κ2) is 8.61. The molecule has 148 valence electrons. The molecule has 1 saturated carbocycles. The van der Waals surface area contributed by atoms with E-state index >= 15 is 0 Å². The highest BCUT2D eigenvalue weighted by atomic mass is 32.2. The van der Waals surface area contributed by atoms with Crippen LogP contribution < -0.4 is 4.74 Å². The zero-order valence-corrected chi connectivity index (χ0v) is 17.4. The van der Waals surface area contributed by atoms with Crippen molar-refractivity contribution in [1.29, 1.82) is 0 Å². The summed E-state index contributed by atoms with van der Waals surface area (Å²) in [7, 11) is 0. The van der Waals surface area contributed by atoms with E-state index in [-0.39, 0.29) is 11.2 Å². The van der Waals surface area contributed by atoms with Crippen LogP contribution in [0.2, 0.25) is 0 Å². The molecule has 2 aliphatic rings. The Hall–Kier alpha value is -0.930. The van der Waals surface area contributed by atoms with Crippen LogP contribution in [0.5, 0.6) is 5.75 Å². The van der Waals surface area contributed by atoms with E-state index in [1.165, 1.54) is 68.1 Å². The first-order valence-electron chi connectivity index (χ1n) is 8.73. The van der Waals surface area contributed by atoms with Crippen molar-refractivity contribution in [1.82, 2.24) is 4.90 Å². The van der Waals surface area contributed by atoms with Crippen LogP contribution in [-0.2, 0) is 0 Å². The normalized spacial score (nSPS) is 21.5. The second-order valence-electron chi connectivity index (χ2n) is 6.84. The summed E-state index contributed by atoms with van der Waals surface area (Å²) in [6.45, 7) is 0.869. The summed E-state index contributed by atoms with van der Waals surface area (Å²) in [6, 6.07) is 5.61. The Labute approximate surface area is 171 Å². The summed E-state index contributed by atoms with van der Waals surface area (Å²) in [5.41, 5.74) is 0.868. The van der Waals surface area contributed by atoms with E-state index in [4.69, 9.17) is 12.2 Å². The third kappa shape index (κ3) is 5.54. The number of hydrogen-bond acceptors (Lipinski definition) is 5. The minimum Gasteiger partial charge on any atom is -0.406 e. The van der Waals surface area contributed by atoms with Gasteiger partial charge in [-0.25, -0.2) is 4.99 Å². The highest BCUT2D eigenvalue weighted by molar-refractivity contribution is 8.23. The van der Waals surface area contributed by atoms with Gasteiger partial charge in [0.05, 0.1) is 5.69 Å². The van der Waals surface area contributed by atoms with Gasteiger partial charge in [-0.15, -0.1) is 13.2 Å². The lowest BCUT2D eigenvalue weighted by molar-refractivity contribution is -0.274. The van der Waals surface area contributed by atoms with Crippen LogP contribution in [0.4, 0.5) is 18.9 Å². The van der Waals surface area contributed by atoms with Gasteiger partial charge < -0.3 is 9.64 Å². The fourth-order valence-electron chi connectivity index (χ4n) is 3.53. The van der Waals surface area contributed by atoms with Crippen molar-refractivity contribution in [3.8, 4) is 5.75 Å². The van der Waals surface area contributed by atoms with E-state index < -0.39 is 6.36 Å². The van der Waals surface area contributed by atoms with E-state index in [2.05, 4.69) is 14.6 Å². The number of ether oxygens (including phenoxy) is 1. The Morgan fingerprint density at radius 3 is 2.48 bits per heavy atom. The van der Waals surface area contributed by atoms with Gasteiger partial charge in [0.2, 0.25) is 0 Å². The first-order chi connectivity index (χ1) is 12.8. The molecule has 1 aliphatic carbocycles. The fourth-order valence-corrected chi connectivity index (χ4v) is 5.46. The molecule has 0 atom stereocenters. The van der Waals surface area contributed by atoms with Gasteiger partial charge in [-0.05, 0) is 48.8 Å². The van der Waals surface area contributed by atoms with Crippen molar-refractivity contribution in [2.24, 2.45) is 10.4 Å². The van der Waals surface area contributed by atoms with Crippen molar-refractivity contribution >= 4 is 50.9 Å². The van der Waals surface area contributed by atoms with Crippen LogP contribution in [0.3, 0.4) is 0 Å². The Morgan fingerprint density at radius 1 is 1.22 bits per heavy atom. The number of amidine groups is 1. The van der Waals surface area contributed by atoms with E-state index in [1.54, 1.807) is 11.8 Å². The van der Waals surface area contributed by atoms with Gasteiger partial charge in [0.15, 0.2) is 5.17 Å². The monoisotopic (exact) mass is 434 g/mol. The summed E-state index contributed by atoms with van der Waals surface area (Å²) < 4.78 is 41.6. The summed E-state index contributed by atoms with van der Waals surface area (Å²) >= 11 is 8.76. The molecule has 27 heavy (non-hydrogen) atoms. The average Bonchev–Trinajstić information content (AvgIpc) is 2.64. The van der Waals surface area contributed by atoms with Crippen molar-refractivity contribution < 1.29 is 17.9 Å². The molecule has 0 aromatic heterocycles. The topological polar surface area (TPSA) is 24.8 Å². The van der Waals surface area contributed by atoms with Gasteiger partial charge in [-0.3, -0.25) is 0 Å². The number of aliphatic imine (C=N–C) groups is 1. The first-order valence-corrected chi connectivity index (χ1v) is 11.3. The summed E-state index contributed by atoms with van der Waals surface area (Å²) in [4.78, 5) is 6.75. The smallest absolute Gasteiger partial charge is 0.406 e. The maximum atomic E-state index is 12.3. The Morgan fingerprint density at radius 2 is 1.89 bits per heavy atom. The lowest BCUT2D eigenvalue weighted by atomic mass is 9.75. The molecule has 9 heteroatoms. The number of nitrogens with zero attached hydrogens (tertiary/aromatic N) is 2. The number of halogens is 3. The van der Waals surface area contributed by atoms with Gasteiger partial charge in [0.25, 0.3) is 0 Å². The first kappa shape index (κ1) is 20.8. The number of thioether (sulfide) groups is 2. The molecule has 1 spiro atoms. The van der Waals surface area contributed by atoms with Crippen LogP contribution in [0.1, 0.15) is 32.1 Å². The van der Waals surface area contributed by atoms with Crippen molar-refractivity contribution in [3.05, 3.63) is 24.3 Å². The third-order valence-corrected chi connectivity index (χ3v) is 7.45. The molecule has 1 aromatic rings. The Balaban J connectivity index is 1.78. The van der Waals surface area contributed by atoms with Crippen LogP contribution in [0.15, 0.2) is 29.3 Å². The zero-order valence-electron chi connectivity index (χ0n) is 14.9. The number of benzene rings is 1. The molecule has 0 bridgehead atoms. The van der Waals surface area contributed by atoms with Gasteiger partial charge in [-0.1, -0.05) is 55.0 Å². The standard InChI is InChI=1S/C18H21F3N2OS3/c1-26-16(25)23-11-17(9-3-2-4-10-17)12-27-15(23)22-13-5-7-14(8-6-13)24-18(19,20)21/h5-8H,2-4,9-12H2,1H3/b22-15-. The predicted molar refractivity (Wildman–Crippen MR) is 111 cm³/mol. The maximum Gasteiger partial charge on any atom is 0.573 e. The van der Waals surface area contributed by atoms with Crippen molar-refractivity contribution in [3.63, 3.8) is 0 Å². The van der Waals surface area contributed by atoms with Crippen molar-refractivity contribution in [2.45, 2.75) is 38.5 Å². The number of rotatable bonds is 2. The quantitative estimate of drug-likeness (QED) is 0.515. The van der Waals surface area contributed by atoms with E-state index in [1.807, 2.05) is 6.26 Å². The molecule has 0 amide bonds. The molecule has 0 radical (unpaired) electrons. The average molecular weight is 435 g/mol. The Kier molecular flexibility index (Phi) is 6.63. The van der Waals surface area contributed by atoms with E-state index in [0.717, 1.165) is 21.8 Å². The fraction of sp³-hybridized carbons (Fsp3) is 0.556. The number of alkyl halides is 3. The molecule has 2 fully saturated rings. The van der Waals surface area contributed by atoms with Gasteiger partial charge in [0.1, 0.15) is 10.1 Å². The summed E-state index contributed by atoms with van der Waals surface area (Å²) in [6.07, 6.45) is 3.50. The van der Waals surface area contributed by atoms with Crippen molar-refractivity contribution in [2.75, 3.05) is 18.6 Å². The van der Waals surface area contributed by atoms with Crippen LogP contribution in [0.25, 0.3) is 0 Å². The minimum atomic E-state index is -4.69. The SMILES string of the molecule is CSC(=S)N1CC2(CCCCC2)CS/C1=N\c1ccc(OC(F)(F)F)cc1. The molecule has 1 aliphatic heterocycles. The summed E-state index contributed by atoms with van der Waals surface area (Å²) in [5, 5.41) is 0.815. The number of hydrogen-bond donors (Lipinski definition) is 0. The highest BCUT2D eigenvalue weighted by Gasteiger charge is 2.40. The summed E-state index contributed by atoms with van der Waals surface area (Å²) in [5.74, 6) is 0.759. The minimum absolute atomic E-state index is 0.250. The van der Waals surface area contributed by atoms with Gasteiger partial charge in [0, 0.05) is 12.3 Å². The zero-order chi connectivity index (χ0) is 19.5. The maximum absolute atomic E-state index is 12.3. The molecular formula is C18H21F3N2OS3. The van der Waals surface area contributed by atoms with E-state index in [9.17, 15) is 13.2 Å². The molecule has 1 heterocycles. The molecule has 1 aromatic carbocycles. The molecule has 0 unspecified atom stereocenters. The molecular weight excluding hydrogens is 413 g/mol. The largest absolute Gasteiger partial charge is 0.573 e. The van der Waals surface area contributed by atoms with Crippen LogP contribution >= 0.6 is 35.7 Å². The number of thiocarbonyl (C=S) groups is 1. The molecule has 0 N–H and O–H groups in total. The lowest BCUT2D eigenvalue weighted by Gasteiger charge is -2.45. The molecule has 1 saturated heterocycles. The highest BCUT2D eigenvalue weighted by Crippen LogP contribution is 2.44. The van der Waals surface area contributed by atoms with Gasteiger partial charge >= 0.3 is 6.36 Å². The van der Waals surface area contributed by atoms with Crippen LogP contribution in [0, 0.1) is 5.41 Å². The van der Waals surface area contributed by atoms with Crippen LogP contribution in [-0.4, -0.2) is 39.3 Å². The molecule has 3 rings (SSSR count). The van der Waals surface area contributed by atoms with Gasteiger partial charge in [-0.2, -0.15) is 0 Å². The lowest BCUT2D eigenvalue weighted by Crippen LogP contribution is -2.48. The van der Waals surface area contributed by atoms with E-state index in [0.29, 0.717) is 5.69 Å².